The van der Waals surface area contributed by atoms with Crippen molar-refractivity contribution < 1.29 is 9.59 Å². The second-order valence-electron chi connectivity index (χ2n) is 6.99. The normalized spacial score (nSPS) is 10.8. The summed E-state index contributed by atoms with van der Waals surface area (Å²) >= 11 is 1.33. The molecule has 0 spiro atoms. The van der Waals surface area contributed by atoms with Gasteiger partial charge in [-0.3, -0.25) is 9.59 Å². The van der Waals surface area contributed by atoms with Crippen molar-refractivity contribution in [2.45, 2.75) is 19.3 Å². The molecule has 2 amide bonds. The number of aromatic amines is 1. The van der Waals surface area contributed by atoms with Crippen LogP contribution in [0.1, 0.15) is 16.8 Å². The average Bonchev–Trinajstić information content (AvgIpc) is 3.35. The Balaban J connectivity index is 1.23. The van der Waals surface area contributed by atoms with E-state index in [0.29, 0.717) is 23.8 Å². The van der Waals surface area contributed by atoms with Crippen LogP contribution in [0.25, 0.3) is 10.9 Å². The van der Waals surface area contributed by atoms with Gasteiger partial charge in [0.05, 0.1) is 18.5 Å². The summed E-state index contributed by atoms with van der Waals surface area (Å²) in [4.78, 5) is 32.0. The van der Waals surface area contributed by atoms with E-state index in [0.717, 1.165) is 17.5 Å². The maximum atomic E-state index is 12.2. The molecule has 2 heterocycles. The largest absolute Gasteiger partial charge is 0.361 e. The number of rotatable bonds is 8. The Morgan fingerprint density at radius 2 is 1.77 bits per heavy atom. The van der Waals surface area contributed by atoms with Gasteiger partial charge in [-0.15, -0.1) is 11.3 Å². The molecule has 7 heteroatoms. The smallest absolute Gasteiger partial charge is 0.230 e. The molecule has 0 bridgehead atoms. The molecule has 2 aromatic heterocycles. The lowest BCUT2D eigenvalue weighted by Gasteiger charge is -2.04. The fourth-order valence-electron chi connectivity index (χ4n) is 3.29. The van der Waals surface area contributed by atoms with Crippen LogP contribution < -0.4 is 10.6 Å². The number of nitrogens with zero attached hydrogens (tertiary/aromatic N) is 1. The molecule has 0 saturated carbocycles. The minimum atomic E-state index is -0.120. The summed E-state index contributed by atoms with van der Waals surface area (Å²) in [6, 6.07) is 17.7. The third-order valence-corrected chi connectivity index (χ3v) is 5.55. The van der Waals surface area contributed by atoms with Crippen LogP contribution in [0.2, 0.25) is 0 Å². The lowest BCUT2D eigenvalue weighted by molar-refractivity contribution is -0.120. The Kier molecular flexibility index (Phi) is 6.20. The standard InChI is InChI=1S/C23H22N4O2S/c28-21(24-11-10-17-14-25-20-9-5-4-8-19(17)20)13-18-15-30-23(26-18)27-22(29)12-16-6-2-1-3-7-16/h1-9,14-15,25H,10-13H2,(H,24,28)(H,26,27,29). The first-order valence-corrected chi connectivity index (χ1v) is 10.7. The Morgan fingerprint density at radius 1 is 0.967 bits per heavy atom. The van der Waals surface area contributed by atoms with Gasteiger partial charge in [-0.1, -0.05) is 48.5 Å². The zero-order chi connectivity index (χ0) is 20.8. The summed E-state index contributed by atoms with van der Waals surface area (Å²) in [5.41, 5.74) is 3.88. The van der Waals surface area contributed by atoms with Gasteiger partial charge in [-0.2, -0.15) is 0 Å². The summed E-state index contributed by atoms with van der Waals surface area (Å²) in [5.74, 6) is -0.201. The first-order chi connectivity index (χ1) is 14.7. The van der Waals surface area contributed by atoms with Crippen LogP contribution in [-0.2, 0) is 28.9 Å². The number of fused-ring (bicyclic) bond motifs is 1. The number of H-pyrrole nitrogens is 1. The van der Waals surface area contributed by atoms with Gasteiger partial charge in [0.25, 0.3) is 0 Å². The Bertz CT molecular complexity index is 1150. The van der Waals surface area contributed by atoms with Gasteiger partial charge in [0.2, 0.25) is 11.8 Å². The minimum absolute atomic E-state index is 0.0812. The van der Waals surface area contributed by atoms with E-state index < -0.39 is 0 Å². The first kappa shape index (κ1) is 19.8. The summed E-state index contributed by atoms with van der Waals surface area (Å²) in [5, 5.41) is 9.23. The quantitative estimate of drug-likeness (QED) is 0.408. The third kappa shape index (κ3) is 5.12. The van der Waals surface area contributed by atoms with Crippen LogP contribution in [0.15, 0.2) is 66.2 Å². The molecule has 0 saturated heterocycles. The lowest BCUT2D eigenvalue weighted by Crippen LogP contribution is -2.27. The molecule has 152 valence electrons. The van der Waals surface area contributed by atoms with E-state index in [-0.39, 0.29) is 18.2 Å². The summed E-state index contributed by atoms with van der Waals surface area (Å²) < 4.78 is 0. The highest BCUT2D eigenvalue weighted by molar-refractivity contribution is 7.13. The second kappa shape index (κ2) is 9.37. The number of carbonyl (C=O) groups excluding carboxylic acids is 2. The number of benzene rings is 2. The molecule has 0 unspecified atom stereocenters. The molecule has 0 aliphatic rings. The average molecular weight is 419 g/mol. The monoisotopic (exact) mass is 418 g/mol. The molecule has 2 aromatic carbocycles. The van der Waals surface area contributed by atoms with Gasteiger partial charge < -0.3 is 15.6 Å². The molecule has 0 radical (unpaired) electrons. The van der Waals surface area contributed by atoms with E-state index in [9.17, 15) is 9.59 Å². The van der Waals surface area contributed by atoms with Crippen molar-refractivity contribution in [1.29, 1.82) is 0 Å². The Hall–Kier alpha value is -3.45. The second-order valence-corrected chi connectivity index (χ2v) is 7.85. The predicted octanol–water partition coefficient (Wildman–Crippen LogP) is 3.71. The number of para-hydroxylation sites is 1. The van der Waals surface area contributed by atoms with Crippen LogP contribution in [0.3, 0.4) is 0 Å². The van der Waals surface area contributed by atoms with Crippen LogP contribution in [0.5, 0.6) is 0 Å². The molecule has 4 aromatic rings. The van der Waals surface area contributed by atoms with Crippen molar-refractivity contribution in [2.24, 2.45) is 0 Å². The topological polar surface area (TPSA) is 86.9 Å². The molecule has 0 atom stereocenters. The number of hydrogen-bond donors (Lipinski definition) is 3. The number of amides is 2. The fraction of sp³-hybridized carbons (Fsp3) is 0.174. The van der Waals surface area contributed by atoms with Gasteiger partial charge in [0, 0.05) is 29.0 Å². The molecule has 6 nitrogen and oxygen atoms in total. The van der Waals surface area contributed by atoms with Crippen molar-refractivity contribution in [3.05, 3.63) is 83.0 Å². The van der Waals surface area contributed by atoms with E-state index in [4.69, 9.17) is 0 Å². The van der Waals surface area contributed by atoms with E-state index >= 15 is 0 Å². The van der Waals surface area contributed by atoms with Crippen molar-refractivity contribution >= 4 is 39.2 Å². The van der Waals surface area contributed by atoms with E-state index in [1.807, 2.05) is 54.7 Å². The number of aromatic nitrogens is 2. The van der Waals surface area contributed by atoms with E-state index in [1.165, 1.54) is 22.3 Å². The number of nitrogens with one attached hydrogen (secondary N) is 3. The highest BCUT2D eigenvalue weighted by Gasteiger charge is 2.11. The molecule has 0 aliphatic heterocycles. The molecular formula is C23H22N4O2S. The third-order valence-electron chi connectivity index (χ3n) is 4.74. The van der Waals surface area contributed by atoms with Gasteiger partial charge in [-0.25, -0.2) is 4.98 Å². The van der Waals surface area contributed by atoms with Crippen molar-refractivity contribution in [3.63, 3.8) is 0 Å². The van der Waals surface area contributed by atoms with Crippen LogP contribution in [-0.4, -0.2) is 28.3 Å². The Labute approximate surface area is 178 Å². The predicted molar refractivity (Wildman–Crippen MR) is 120 cm³/mol. The van der Waals surface area contributed by atoms with Crippen LogP contribution in [0.4, 0.5) is 5.13 Å². The number of carbonyl (C=O) groups is 2. The highest BCUT2D eigenvalue weighted by atomic mass is 32.1. The minimum Gasteiger partial charge on any atom is -0.361 e. The zero-order valence-corrected chi connectivity index (χ0v) is 17.2. The van der Waals surface area contributed by atoms with Crippen LogP contribution in [0, 0.1) is 0 Å². The highest BCUT2D eigenvalue weighted by Crippen LogP contribution is 2.18. The maximum absolute atomic E-state index is 12.2. The summed E-state index contributed by atoms with van der Waals surface area (Å²) in [6.45, 7) is 0.561. The number of thiazole rings is 1. The molecule has 4 rings (SSSR count). The van der Waals surface area contributed by atoms with E-state index in [2.05, 4.69) is 26.7 Å². The maximum Gasteiger partial charge on any atom is 0.230 e. The summed E-state index contributed by atoms with van der Waals surface area (Å²) in [6.07, 6.45) is 3.23. The SMILES string of the molecule is O=C(Cc1csc(NC(=O)Cc2ccccc2)n1)NCCc1c[nH]c2ccccc12. The van der Waals surface area contributed by atoms with Gasteiger partial charge in [-0.05, 0) is 23.6 Å². The summed E-state index contributed by atoms with van der Waals surface area (Å²) in [7, 11) is 0. The van der Waals surface area contributed by atoms with Gasteiger partial charge in [0.1, 0.15) is 0 Å². The molecular weight excluding hydrogens is 396 g/mol. The van der Waals surface area contributed by atoms with Gasteiger partial charge >= 0.3 is 0 Å². The first-order valence-electron chi connectivity index (χ1n) is 9.77. The number of hydrogen-bond acceptors (Lipinski definition) is 4. The fourth-order valence-corrected chi connectivity index (χ4v) is 4.02. The van der Waals surface area contributed by atoms with Crippen molar-refractivity contribution in [1.82, 2.24) is 15.3 Å². The van der Waals surface area contributed by atoms with Gasteiger partial charge in [0.15, 0.2) is 5.13 Å². The van der Waals surface area contributed by atoms with E-state index in [1.54, 1.807) is 5.38 Å². The van der Waals surface area contributed by atoms with Crippen molar-refractivity contribution in [2.75, 3.05) is 11.9 Å². The molecule has 30 heavy (non-hydrogen) atoms. The molecule has 0 fully saturated rings. The molecule has 0 aliphatic carbocycles. The molecule has 3 N–H and O–H groups in total. The van der Waals surface area contributed by atoms with Crippen molar-refractivity contribution in [3.8, 4) is 0 Å². The van der Waals surface area contributed by atoms with Crippen LogP contribution >= 0.6 is 11.3 Å². The zero-order valence-electron chi connectivity index (χ0n) is 16.4. The Morgan fingerprint density at radius 3 is 2.63 bits per heavy atom. The number of anilines is 1. The lowest BCUT2D eigenvalue weighted by atomic mass is 10.1.